The second-order valence-corrected chi connectivity index (χ2v) is 8.53. The molecule has 0 saturated carbocycles. The number of halogens is 1. The molecule has 3 aromatic rings. The summed E-state index contributed by atoms with van der Waals surface area (Å²) in [7, 11) is 0. The molecule has 0 spiro atoms. The zero-order valence-corrected chi connectivity index (χ0v) is 16.3. The van der Waals surface area contributed by atoms with Crippen LogP contribution in [-0.2, 0) is 17.6 Å². The summed E-state index contributed by atoms with van der Waals surface area (Å²) in [5, 5.41) is 4.85. The highest BCUT2D eigenvalue weighted by Gasteiger charge is 2.20. The number of carbonyl (C=O) groups is 1. The predicted molar refractivity (Wildman–Crippen MR) is 109 cm³/mol. The molecule has 0 saturated heterocycles. The van der Waals surface area contributed by atoms with Gasteiger partial charge >= 0.3 is 0 Å². The molecule has 1 aliphatic rings. The van der Waals surface area contributed by atoms with Crippen LogP contribution in [-0.4, -0.2) is 21.6 Å². The number of fused-ring (bicyclic) bond motifs is 3. The van der Waals surface area contributed by atoms with Crippen LogP contribution in [0, 0.1) is 0 Å². The molecule has 2 aromatic heterocycles. The Morgan fingerprint density at radius 1 is 1.27 bits per heavy atom. The number of benzene rings is 1. The number of nitrogen functional groups attached to an aromatic ring is 1. The SMILES string of the molecule is Nc1nc(SCC(=O)Nc2ccccc2Cl)nc2sc3c(c12)CCCC3. The van der Waals surface area contributed by atoms with E-state index in [1.165, 1.54) is 35.0 Å². The normalized spacial score (nSPS) is 13.6. The molecule has 4 rings (SSSR count). The molecule has 0 atom stereocenters. The lowest BCUT2D eigenvalue weighted by molar-refractivity contribution is -0.113. The van der Waals surface area contributed by atoms with E-state index in [-0.39, 0.29) is 11.7 Å². The maximum atomic E-state index is 12.2. The van der Waals surface area contributed by atoms with E-state index in [9.17, 15) is 4.79 Å². The van der Waals surface area contributed by atoms with Gasteiger partial charge in [-0.1, -0.05) is 35.5 Å². The second-order valence-electron chi connectivity index (χ2n) is 6.10. The van der Waals surface area contributed by atoms with Crippen molar-refractivity contribution < 1.29 is 4.79 Å². The van der Waals surface area contributed by atoms with Gasteiger partial charge in [-0.15, -0.1) is 11.3 Å². The van der Waals surface area contributed by atoms with Gasteiger partial charge in [-0.05, 0) is 43.4 Å². The van der Waals surface area contributed by atoms with E-state index in [0.717, 1.165) is 23.1 Å². The van der Waals surface area contributed by atoms with Gasteiger partial charge in [-0.3, -0.25) is 4.79 Å². The van der Waals surface area contributed by atoms with Crippen LogP contribution in [0.25, 0.3) is 10.2 Å². The van der Waals surface area contributed by atoms with Gasteiger partial charge in [-0.25, -0.2) is 9.97 Å². The van der Waals surface area contributed by atoms with Crippen molar-refractivity contribution in [2.45, 2.75) is 30.8 Å². The Bertz CT molecular complexity index is 989. The van der Waals surface area contributed by atoms with E-state index < -0.39 is 0 Å². The lowest BCUT2D eigenvalue weighted by Gasteiger charge is -2.10. The zero-order valence-electron chi connectivity index (χ0n) is 13.9. The first-order chi connectivity index (χ1) is 12.6. The van der Waals surface area contributed by atoms with Crippen molar-refractivity contribution in [3.05, 3.63) is 39.7 Å². The van der Waals surface area contributed by atoms with Crippen molar-refractivity contribution in [1.29, 1.82) is 0 Å². The van der Waals surface area contributed by atoms with Gasteiger partial charge in [0.15, 0.2) is 5.16 Å². The van der Waals surface area contributed by atoms with Crippen LogP contribution in [0.5, 0.6) is 0 Å². The Kier molecular flexibility index (Phi) is 5.02. The maximum Gasteiger partial charge on any atom is 0.234 e. The molecule has 0 aliphatic heterocycles. The van der Waals surface area contributed by atoms with Crippen molar-refractivity contribution >= 4 is 62.3 Å². The second kappa shape index (κ2) is 7.42. The first-order valence-electron chi connectivity index (χ1n) is 8.37. The van der Waals surface area contributed by atoms with Gasteiger partial charge in [-0.2, -0.15) is 0 Å². The molecule has 1 amide bonds. The van der Waals surface area contributed by atoms with E-state index in [0.29, 0.717) is 21.7 Å². The Morgan fingerprint density at radius 2 is 2.08 bits per heavy atom. The average molecular weight is 405 g/mol. The number of hydrogen-bond donors (Lipinski definition) is 2. The van der Waals surface area contributed by atoms with Crippen LogP contribution < -0.4 is 11.1 Å². The minimum Gasteiger partial charge on any atom is -0.383 e. The van der Waals surface area contributed by atoms with Crippen LogP contribution in [0.15, 0.2) is 29.4 Å². The topological polar surface area (TPSA) is 80.9 Å². The van der Waals surface area contributed by atoms with Gasteiger partial charge in [0.05, 0.1) is 21.8 Å². The Balaban J connectivity index is 1.49. The molecule has 5 nitrogen and oxygen atoms in total. The number of anilines is 2. The highest BCUT2D eigenvalue weighted by atomic mass is 35.5. The quantitative estimate of drug-likeness (QED) is 0.493. The molecule has 2 heterocycles. The molecule has 0 fully saturated rings. The lowest BCUT2D eigenvalue weighted by atomic mass is 9.97. The summed E-state index contributed by atoms with van der Waals surface area (Å²) >= 11 is 9.04. The first-order valence-corrected chi connectivity index (χ1v) is 10.5. The van der Waals surface area contributed by atoms with Gasteiger partial charge in [0, 0.05) is 4.88 Å². The van der Waals surface area contributed by atoms with Gasteiger partial charge in [0.2, 0.25) is 5.91 Å². The van der Waals surface area contributed by atoms with Gasteiger partial charge in [0.1, 0.15) is 10.6 Å². The van der Waals surface area contributed by atoms with Crippen molar-refractivity contribution in [3.8, 4) is 0 Å². The number of rotatable bonds is 4. The predicted octanol–water partition coefficient (Wildman–Crippen LogP) is 4.54. The smallest absolute Gasteiger partial charge is 0.234 e. The summed E-state index contributed by atoms with van der Waals surface area (Å²) in [6, 6.07) is 7.15. The minimum absolute atomic E-state index is 0.157. The number of nitrogens with one attached hydrogen (secondary N) is 1. The van der Waals surface area contributed by atoms with Gasteiger partial charge in [0.25, 0.3) is 0 Å². The third-order valence-electron chi connectivity index (χ3n) is 4.30. The van der Waals surface area contributed by atoms with Gasteiger partial charge < -0.3 is 11.1 Å². The Hall–Kier alpha value is -1.83. The third-order valence-corrected chi connectivity index (χ3v) is 6.67. The molecule has 3 N–H and O–H groups in total. The Labute approximate surface area is 164 Å². The molecular formula is C18H17ClN4OS2. The van der Waals surface area contributed by atoms with Crippen LogP contribution in [0.2, 0.25) is 5.02 Å². The summed E-state index contributed by atoms with van der Waals surface area (Å²) in [6.45, 7) is 0. The Morgan fingerprint density at radius 3 is 2.92 bits per heavy atom. The summed E-state index contributed by atoms with van der Waals surface area (Å²) in [6.07, 6.45) is 4.56. The first kappa shape index (κ1) is 17.6. The fourth-order valence-corrected chi connectivity index (χ4v) is 5.27. The highest BCUT2D eigenvalue weighted by Crippen LogP contribution is 2.38. The summed E-state index contributed by atoms with van der Waals surface area (Å²) in [5.41, 5.74) is 8.12. The number of aryl methyl sites for hydroxylation is 2. The number of nitrogens with zero attached hydrogens (tertiary/aromatic N) is 2. The maximum absolute atomic E-state index is 12.2. The van der Waals surface area contributed by atoms with Crippen molar-refractivity contribution in [3.63, 3.8) is 0 Å². The van der Waals surface area contributed by atoms with E-state index in [1.54, 1.807) is 23.5 Å². The minimum atomic E-state index is -0.157. The van der Waals surface area contributed by atoms with Crippen molar-refractivity contribution in [2.75, 3.05) is 16.8 Å². The number of nitrogens with two attached hydrogens (primary N) is 1. The van der Waals surface area contributed by atoms with Crippen LogP contribution in [0.4, 0.5) is 11.5 Å². The van der Waals surface area contributed by atoms with Crippen LogP contribution >= 0.6 is 34.7 Å². The number of para-hydroxylation sites is 1. The van der Waals surface area contributed by atoms with E-state index in [4.69, 9.17) is 17.3 Å². The molecule has 0 bridgehead atoms. The van der Waals surface area contributed by atoms with Crippen molar-refractivity contribution in [2.24, 2.45) is 0 Å². The van der Waals surface area contributed by atoms with E-state index in [1.807, 2.05) is 12.1 Å². The van der Waals surface area contributed by atoms with E-state index >= 15 is 0 Å². The average Bonchev–Trinajstić information content (AvgIpc) is 3.01. The summed E-state index contributed by atoms with van der Waals surface area (Å²) in [5.74, 6) is 0.556. The molecule has 134 valence electrons. The number of thioether (sulfide) groups is 1. The summed E-state index contributed by atoms with van der Waals surface area (Å²) < 4.78 is 0. The lowest BCUT2D eigenvalue weighted by Crippen LogP contribution is -2.14. The van der Waals surface area contributed by atoms with E-state index in [2.05, 4.69) is 15.3 Å². The molecule has 8 heteroatoms. The number of carbonyl (C=O) groups excluding carboxylic acids is 1. The highest BCUT2D eigenvalue weighted by molar-refractivity contribution is 7.99. The molecule has 0 radical (unpaired) electrons. The monoisotopic (exact) mass is 404 g/mol. The number of hydrogen-bond acceptors (Lipinski definition) is 6. The molecule has 0 unspecified atom stereocenters. The molecule has 1 aliphatic carbocycles. The zero-order chi connectivity index (χ0) is 18.1. The molecular weight excluding hydrogens is 388 g/mol. The third kappa shape index (κ3) is 3.51. The number of amides is 1. The standard InChI is InChI=1S/C18H17ClN4OS2/c19-11-6-2-3-7-12(11)21-14(24)9-25-18-22-16(20)15-10-5-1-4-8-13(10)26-17(15)23-18/h2-3,6-7H,1,4-5,8-9H2,(H,21,24)(H2,20,22,23). The molecule has 26 heavy (non-hydrogen) atoms. The van der Waals surface area contributed by atoms with Crippen LogP contribution in [0.3, 0.4) is 0 Å². The number of aromatic nitrogens is 2. The summed E-state index contributed by atoms with van der Waals surface area (Å²) in [4.78, 5) is 23.5. The fraction of sp³-hybridized carbons (Fsp3) is 0.278. The fourth-order valence-electron chi connectivity index (χ4n) is 3.11. The largest absolute Gasteiger partial charge is 0.383 e. The van der Waals surface area contributed by atoms with Crippen LogP contribution in [0.1, 0.15) is 23.3 Å². The molecule has 1 aromatic carbocycles. The number of thiophene rings is 1. The van der Waals surface area contributed by atoms with Crippen molar-refractivity contribution in [1.82, 2.24) is 9.97 Å².